The van der Waals surface area contributed by atoms with Gasteiger partial charge in [0.25, 0.3) is 0 Å². The van der Waals surface area contributed by atoms with Gasteiger partial charge >= 0.3 is 5.97 Å². The first-order chi connectivity index (χ1) is 11.7. The van der Waals surface area contributed by atoms with E-state index in [0.29, 0.717) is 5.56 Å². The molecule has 1 aliphatic carbocycles. The first-order valence-electron chi connectivity index (χ1n) is 8.49. The minimum absolute atomic E-state index is 0.299. The lowest BCUT2D eigenvalue weighted by Crippen LogP contribution is -2.47. The molecule has 2 fully saturated rings. The normalized spacial score (nSPS) is 18.6. The van der Waals surface area contributed by atoms with Crippen LogP contribution < -0.4 is 4.90 Å². The fraction of sp³-hybridized carbons (Fsp3) is 0.368. The van der Waals surface area contributed by atoms with Crippen LogP contribution in [0.2, 0.25) is 0 Å². The van der Waals surface area contributed by atoms with Crippen LogP contribution in [-0.4, -0.2) is 53.2 Å². The van der Waals surface area contributed by atoms with Gasteiger partial charge in [-0.2, -0.15) is 0 Å². The molecule has 2 aliphatic rings. The second-order valence-electron chi connectivity index (χ2n) is 6.55. The fourth-order valence-corrected chi connectivity index (χ4v) is 3.33. The number of aromatic nitrogens is 1. The van der Waals surface area contributed by atoms with Crippen molar-refractivity contribution in [3.05, 3.63) is 48.2 Å². The number of carbonyl (C=O) groups is 1. The van der Waals surface area contributed by atoms with Crippen LogP contribution in [0.25, 0.3) is 11.1 Å². The molecule has 0 spiro atoms. The number of piperazine rings is 1. The van der Waals surface area contributed by atoms with Crippen molar-refractivity contribution >= 4 is 11.8 Å². The lowest BCUT2D eigenvalue weighted by molar-refractivity contribution is 0.0697. The minimum atomic E-state index is -0.907. The number of hydrogen-bond acceptors (Lipinski definition) is 4. The van der Waals surface area contributed by atoms with Crippen LogP contribution in [0.5, 0.6) is 0 Å². The van der Waals surface area contributed by atoms with Crippen molar-refractivity contribution in [2.75, 3.05) is 31.1 Å². The smallest absolute Gasteiger partial charge is 0.335 e. The zero-order chi connectivity index (χ0) is 16.5. The predicted octanol–water partition coefficient (Wildman–Crippen LogP) is 2.73. The third kappa shape index (κ3) is 3.12. The summed E-state index contributed by atoms with van der Waals surface area (Å²) in [5.41, 5.74) is 2.12. The highest BCUT2D eigenvalue weighted by Crippen LogP contribution is 2.28. The van der Waals surface area contributed by atoms with Crippen LogP contribution in [0.1, 0.15) is 23.2 Å². The highest BCUT2D eigenvalue weighted by atomic mass is 16.4. The Morgan fingerprint density at radius 1 is 1.04 bits per heavy atom. The van der Waals surface area contributed by atoms with Gasteiger partial charge in [-0.15, -0.1) is 0 Å². The summed E-state index contributed by atoms with van der Waals surface area (Å²) in [6.07, 6.45) is 4.56. The summed E-state index contributed by atoms with van der Waals surface area (Å²) in [6, 6.07) is 11.9. The molecule has 0 atom stereocenters. The molecule has 1 saturated carbocycles. The lowest BCUT2D eigenvalue weighted by Gasteiger charge is -2.35. The van der Waals surface area contributed by atoms with Gasteiger partial charge in [0.05, 0.1) is 5.56 Å². The zero-order valence-corrected chi connectivity index (χ0v) is 13.6. The van der Waals surface area contributed by atoms with Gasteiger partial charge in [-0.25, -0.2) is 9.78 Å². The zero-order valence-electron chi connectivity index (χ0n) is 13.6. The van der Waals surface area contributed by atoms with E-state index in [0.717, 1.165) is 49.2 Å². The molecule has 0 bridgehead atoms. The van der Waals surface area contributed by atoms with Crippen LogP contribution in [0.3, 0.4) is 0 Å². The Morgan fingerprint density at radius 3 is 2.46 bits per heavy atom. The molecule has 4 rings (SSSR count). The Hall–Kier alpha value is -2.40. The van der Waals surface area contributed by atoms with Crippen LogP contribution >= 0.6 is 0 Å². The van der Waals surface area contributed by atoms with Crippen molar-refractivity contribution in [3.63, 3.8) is 0 Å². The van der Waals surface area contributed by atoms with Crippen molar-refractivity contribution in [2.24, 2.45) is 0 Å². The largest absolute Gasteiger partial charge is 0.478 e. The molecule has 2 heterocycles. The van der Waals surface area contributed by atoms with E-state index < -0.39 is 5.97 Å². The molecular formula is C19H21N3O2. The number of hydrogen-bond donors (Lipinski definition) is 1. The number of aromatic carboxylic acids is 1. The van der Waals surface area contributed by atoms with Gasteiger partial charge < -0.3 is 10.0 Å². The number of carboxylic acid groups (broad SMARTS) is 1. The van der Waals surface area contributed by atoms with Gasteiger partial charge in [-0.1, -0.05) is 12.1 Å². The molecular weight excluding hydrogens is 302 g/mol. The summed E-state index contributed by atoms with van der Waals surface area (Å²) in [6.45, 7) is 4.29. The Kier molecular flexibility index (Phi) is 3.94. The quantitative estimate of drug-likeness (QED) is 0.937. The summed E-state index contributed by atoms with van der Waals surface area (Å²) < 4.78 is 0. The van der Waals surface area contributed by atoms with Gasteiger partial charge in [0.15, 0.2) is 0 Å². The average Bonchev–Trinajstić information content (AvgIpc) is 3.47. The number of anilines is 1. The Bertz CT molecular complexity index is 733. The molecule has 1 aromatic carbocycles. The van der Waals surface area contributed by atoms with Crippen molar-refractivity contribution in [3.8, 4) is 11.1 Å². The number of benzene rings is 1. The van der Waals surface area contributed by atoms with Crippen molar-refractivity contribution in [1.82, 2.24) is 9.88 Å². The van der Waals surface area contributed by atoms with E-state index in [9.17, 15) is 4.79 Å². The molecule has 0 radical (unpaired) electrons. The Balaban J connectivity index is 1.46. The summed E-state index contributed by atoms with van der Waals surface area (Å²) in [5, 5.41) is 9.11. The standard InChI is InChI=1S/C19H21N3O2/c23-19(24)15-3-1-2-14(12-15)16-4-7-18(20-13-16)22-10-8-21(9-11-22)17-5-6-17/h1-4,7,12-13,17H,5-6,8-11H2,(H,23,24). The topological polar surface area (TPSA) is 56.7 Å². The number of carboxylic acids is 1. The molecule has 1 aromatic heterocycles. The van der Waals surface area contributed by atoms with Crippen LogP contribution in [0.15, 0.2) is 42.6 Å². The first-order valence-corrected chi connectivity index (χ1v) is 8.49. The SMILES string of the molecule is O=C(O)c1cccc(-c2ccc(N3CCN(C4CC4)CC3)nc2)c1. The highest BCUT2D eigenvalue weighted by molar-refractivity contribution is 5.89. The van der Waals surface area contributed by atoms with Gasteiger partial charge in [-0.05, 0) is 42.7 Å². The average molecular weight is 323 g/mol. The second kappa shape index (κ2) is 6.24. The molecule has 124 valence electrons. The Labute approximate surface area is 141 Å². The van der Waals surface area contributed by atoms with E-state index in [1.54, 1.807) is 18.2 Å². The van der Waals surface area contributed by atoms with Gasteiger partial charge in [0, 0.05) is 44.0 Å². The van der Waals surface area contributed by atoms with E-state index in [-0.39, 0.29) is 0 Å². The van der Waals surface area contributed by atoms with E-state index in [2.05, 4.69) is 14.8 Å². The maximum Gasteiger partial charge on any atom is 0.335 e. The number of nitrogens with zero attached hydrogens (tertiary/aromatic N) is 3. The van der Waals surface area contributed by atoms with E-state index in [1.165, 1.54) is 12.8 Å². The molecule has 5 heteroatoms. The molecule has 0 amide bonds. The first kappa shape index (κ1) is 15.1. The minimum Gasteiger partial charge on any atom is -0.478 e. The third-order valence-electron chi connectivity index (χ3n) is 4.89. The maximum atomic E-state index is 11.1. The fourth-order valence-electron chi connectivity index (χ4n) is 3.33. The molecule has 2 aromatic rings. The van der Waals surface area contributed by atoms with Crippen molar-refractivity contribution in [2.45, 2.75) is 18.9 Å². The van der Waals surface area contributed by atoms with Crippen LogP contribution in [0.4, 0.5) is 5.82 Å². The molecule has 24 heavy (non-hydrogen) atoms. The van der Waals surface area contributed by atoms with Crippen LogP contribution in [0, 0.1) is 0 Å². The molecule has 0 unspecified atom stereocenters. The van der Waals surface area contributed by atoms with Gasteiger partial charge in [-0.3, -0.25) is 4.90 Å². The van der Waals surface area contributed by atoms with Crippen molar-refractivity contribution in [1.29, 1.82) is 0 Å². The molecule has 1 N–H and O–H groups in total. The van der Waals surface area contributed by atoms with Gasteiger partial charge in [0.2, 0.25) is 0 Å². The third-order valence-corrected chi connectivity index (χ3v) is 4.89. The van der Waals surface area contributed by atoms with E-state index in [1.807, 2.05) is 24.4 Å². The second-order valence-corrected chi connectivity index (χ2v) is 6.55. The maximum absolute atomic E-state index is 11.1. The predicted molar refractivity (Wildman–Crippen MR) is 93.4 cm³/mol. The number of pyridine rings is 1. The lowest BCUT2D eigenvalue weighted by atomic mass is 10.0. The van der Waals surface area contributed by atoms with E-state index >= 15 is 0 Å². The summed E-state index contributed by atoms with van der Waals surface area (Å²) in [7, 11) is 0. The van der Waals surface area contributed by atoms with Gasteiger partial charge in [0.1, 0.15) is 5.82 Å². The molecule has 1 aliphatic heterocycles. The molecule has 5 nitrogen and oxygen atoms in total. The summed E-state index contributed by atoms with van der Waals surface area (Å²) >= 11 is 0. The highest BCUT2D eigenvalue weighted by Gasteiger charge is 2.31. The van der Waals surface area contributed by atoms with Crippen molar-refractivity contribution < 1.29 is 9.90 Å². The summed E-state index contributed by atoms with van der Waals surface area (Å²) in [5.74, 6) is 0.0959. The number of rotatable bonds is 4. The molecule has 1 saturated heterocycles. The Morgan fingerprint density at radius 2 is 1.83 bits per heavy atom. The van der Waals surface area contributed by atoms with E-state index in [4.69, 9.17) is 5.11 Å². The monoisotopic (exact) mass is 323 g/mol. The summed E-state index contributed by atoms with van der Waals surface area (Å²) in [4.78, 5) is 20.6. The van der Waals surface area contributed by atoms with Crippen LogP contribution in [-0.2, 0) is 0 Å².